The van der Waals surface area contributed by atoms with Gasteiger partial charge in [-0.15, -0.1) is 0 Å². The van der Waals surface area contributed by atoms with Gasteiger partial charge in [0.1, 0.15) is 0 Å². The van der Waals surface area contributed by atoms with Crippen LogP contribution in [0.15, 0.2) is 30.0 Å². The van der Waals surface area contributed by atoms with Crippen molar-refractivity contribution >= 4 is 11.5 Å². The molecule has 8 heteroatoms. The molecule has 1 saturated carbocycles. The minimum atomic E-state index is -4.90. The first-order valence-electron chi connectivity index (χ1n) is 6.85. The van der Waals surface area contributed by atoms with Gasteiger partial charge in [0.05, 0.1) is 11.1 Å². The second-order valence-corrected chi connectivity index (χ2v) is 5.24. The zero-order valence-electron chi connectivity index (χ0n) is 11.8. The highest BCUT2D eigenvalue weighted by atomic mass is 19.4. The van der Waals surface area contributed by atoms with Gasteiger partial charge in [-0.1, -0.05) is 0 Å². The Hall–Kier alpha value is -1.99. The molecule has 0 heterocycles. The molecule has 1 aliphatic carbocycles. The SMILES string of the molecule is O=C1CCCC/C1=C\Nc1cc(C(F)(F)F)cc(C(F)(F)F)c1. The van der Waals surface area contributed by atoms with Crippen LogP contribution < -0.4 is 5.32 Å². The average molecular weight is 337 g/mol. The van der Waals surface area contributed by atoms with Crippen LogP contribution in [-0.2, 0) is 17.1 Å². The predicted molar refractivity (Wildman–Crippen MR) is 71.6 cm³/mol. The van der Waals surface area contributed by atoms with Gasteiger partial charge in [0.25, 0.3) is 0 Å². The molecule has 2 rings (SSSR count). The van der Waals surface area contributed by atoms with Crippen LogP contribution in [0.2, 0.25) is 0 Å². The summed E-state index contributed by atoms with van der Waals surface area (Å²) in [4.78, 5) is 11.6. The summed E-state index contributed by atoms with van der Waals surface area (Å²) >= 11 is 0. The number of carbonyl (C=O) groups is 1. The number of nitrogens with one attached hydrogen (secondary N) is 1. The van der Waals surface area contributed by atoms with Gasteiger partial charge in [-0.2, -0.15) is 26.3 Å². The van der Waals surface area contributed by atoms with E-state index in [1.807, 2.05) is 0 Å². The molecule has 0 amide bonds. The third-order valence-corrected chi connectivity index (χ3v) is 3.46. The molecule has 0 saturated heterocycles. The number of rotatable bonds is 2. The minimum Gasteiger partial charge on any atom is -0.361 e. The highest BCUT2D eigenvalue weighted by molar-refractivity contribution is 5.96. The number of ketones is 1. The number of halogens is 6. The van der Waals surface area contributed by atoms with Crippen LogP contribution in [0.5, 0.6) is 0 Å². The van der Waals surface area contributed by atoms with Crippen molar-refractivity contribution < 1.29 is 31.1 Å². The van der Waals surface area contributed by atoms with Crippen molar-refractivity contribution in [3.8, 4) is 0 Å². The lowest BCUT2D eigenvalue weighted by Gasteiger charge is -2.16. The third-order valence-electron chi connectivity index (χ3n) is 3.46. The Morgan fingerprint density at radius 3 is 1.87 bits per heavy atom. The van der Waals surface area contributed by atoms with Crippen molar-refractivity contribution in [3.05, 3.63) is 41.1 Å². The molecular weight excluding hydrogens is 324 g/mol. The molecule has 2 nitrogen and oxygen atoms in total. The number of carbonyl (C=O) groups excluding carboxylic acids is 1. The Kier molecular flexibility index (Phi) is 4.72. The molecule has 0 atom stereocenters. The minimum absolute atomic E-state index is 0.0596. The van der Waals surface area contributed by atoms with E-state index in [-0.39, 0.29) is 17.5 Å². The highest BCUT2D eigenvalue weighted by Gasteiger charge is 2.36. The maximum Gasteiger partial charge on any atom is 0.416 e. The van der Waals surface area contributed by atoms with Crippen LogP contribution in [0.4, 0.5) is 32.0 Å². The molecule has 1 aromatic carbocycles. The number of hydrogen-bond acceptors (Lipinski definition) is 2. The summed E-state index contributed by atoms with van der Waals surface area (Å²) in [7, 11) is 0. The van der Waals surface area contributed by atoms with Crippen LogP contribution in [0.3, 0.4) is 0 Å². The smallest absolute Gasteiger partial charge is 0.361 e. The molecule has 1 aromatic rings. The van der Waals surface area contributed by atoms with E-state index in [1.165, 1.54) is 6.20 Å². The summed E-state index contributed by atoms with van der Waals surface area (Å²) < 4.78 is 76.4. The van der Waals surface area contributed by atoms with Crippen molar-refractivity contribution in [1.82, 2.24) is 0 Å². The molecule has 0 spiro atoms. The summed E-state index contributed by atoms with van der Waals surface area (Å²) in [6.45, 7) is 0. The Balaban J connectivity index is 2.34. The zero-order valence-corrected chi connectivity index (χ0v) is 11.8. The van der Waals surface area contributed by atoms with Crippen LogP contribution >= 0.6 is 0 Å². The van der Waals surface area contributed by atoms with Gasteiger partial charge in [-0.05, 0) is 37.5 Å². The molecule has 0 unspecified atom stereocenters. The van der Waals surface area contributed by atoms with Crippen LogP contribution in [0.25, 0.3) is 0 Å². The second kappa shape index (κ2) is 6.25. The van der Waals surface area contributed by atoms with Gasteiger partial charge in [0, 0.05) is 23.9 Å². The van der Waals surface area contributed by atoms with Gasteiger partial charge < -0.3 is 5.32 Å². The maximum atomic E-state index is 12.7. The first kappa shape index (κ1) is 17.4. The molecule has 1 N–H and O–H groups in total. The third kappa shape index (κ3) is 4.49. The fourth-order valence-corrected chi connectivity index (χ4v) is 2.26. The molecular formula is C15H13F6NO. The van der Waals surface area contributed by atoms with E-state index in [4.69, 9.17) is 0 Å². The molecule has 0 aromatic heterocycles. The van der Waals surface area contributed by atoms with Crippen molar-refractivity contribution in [2.75, 3.05) is 5.32 Å². The molecule has 1 aliphatic rings. The van der Waals surface area contributed by atoms with Gasteiger partial charge in [-0.3, -0.25) is 4.79 Å². The van der Waals surface area contributed by atoms with E-state index < -0.39 is 23.5 Å². The highest BCUT2D eigenvalue weighted by Crippen LogP contribution is 2.37. The van der Waals surface area contributed by atoms with E-state index in [2.05, 4.69) is 5.32 Å². The topological polar surface area (TPSA) is 29.1 Å². The van der Waals surface area contributed by atoms with Gasteiger partial charge in [-0.25, -0.2) is 0 Å². The van der Waals surface area contributed by atoms with E-state index in [9.17, 15) is 31.1 Å². The molecule has 0 bridgehead atoms. The number of Topliss-reactive ketones (excluding diaryl/α,β-unsaturated/α-hetero) is 1. The van der Waals surface area contributed by atoms with Crippen molar-refractivity contribution in [2.24, 2.45) is 0 Å². The maximum absolute atomic E-state index is 12.7. The van der Waals surface area contributed by atoms with E-state index >= 15 is 0 Å². The molecule has 0 radical (unpaired) electrons. The Morgan fingerprint density at radius 2 is 1.39 bits per heavy atom. The summed E-state index contributed by atoms with van der Waals surface area (Å²) in [5, 5.41) is 2.39. The average Bonchev–Trinajstić information content (AvgIpc) is 2.44. The van der Waals surface area contributed by atoms with Crippen molar-refractivity contribution in [2.45, 2.75) is 38.0 Å². The standard InChI is InChI=1S/C15H13F6NO/c16-14(17,18)10-5-11(15(19,20)21)7-12(6-10)22-8-9-3-1-2-4-13(9)23/h5-8,22H,1-4H2/b9-8+. The quantitative estimate of drug-likeness (QED) is 0.596. The Bertz CT molecular complexity index is 598. The molecule has 1 fully saturated rings. The Morgan fingerprint density at radius 1 is 0.870 bits per heavy atom. The van der Waals surface area contributed by atoms with Gasteiger partial charge in [0.15, 0.2) is 5.78 Å². The monoisotopic (exact) mass is 337 g/mol. The summed E-state index contributed by atoms with van der Waals surface area (Å²) in [6, 6.07) is 1.23. The normalized spacial score (nSPS) is 18.3. The predicted octanol–water partition coefficient (Wildman–Crippen LogP) is 5.16. The van der Waals surface area contributed by atoms with Crippen LogP contribution in [0, 0.1) is 0 Å². The van der Waals surface area contributed by atoms with Crippen molar-refractivity contribution in [1.29, 1.82) is 0 Å². The molecule has 0 aliphatic heterocycles. The summed E-state index contributed by atoms with van der Waals surface area (Å²) in [5.41, 5.74) is -2.79. The number of alkyl halides is 6. The van der Waals surface area contributed by atoms with Crippen LogP contribution in [0.1, 0.15) is 36.8 Å². The number of benzene rings is 1. The van der Waals surface area contributed by atoms with Crippen LogP contribution in [-0.4, -0.2) is 5.78 Å². The lowest BCUT2D eigenvalue weighted by Crippen LogP contribution is -2.12. The fraction of sp³-hybridized carbons (Fsp3) is 0.400. The van der Waals surface area contributed by atoms with E-state index in [1.54, 1.807) is 0 Å². The molecule has 23 heavy (non-hydrogen) atoms. The fourth-order valence-electron chi connectivity index (χ4n) is 2.26. The zero-order chi connectivity index (χ0) is 17.3. The lowest BCUT2D eigenvalue weighted by atomic mass is 9.94. The largest absolute Gasteiger partial charge is 0.416 e. The summed E-state index contributed by atoms with van der Waals surface area (Å²) in [5.74, 6) is -0.147. The molecule has 126 valence electrons. The number of allylic oxidation sites excluding steroid dienone is 1. The van der Waals surface area contributed by atoms with Gasteiger partial charge >= 0.3 is 12.4 Å². The first-order valence-corrected chi connectivity index (χ1v) is 6.85. The van der Waals surface area contributed by atoms with E-state index in [0.29, 0.717) is 30.5 Å². The number of anilines is 1. The Labute approximate surface area is 128 Å². The summed E-state index contributed by atoms with van der Waals surface area (Å²) in [6.07, 6.45) is -6.32. The number of hydrogen-bond donors (Lipinski definition) is 1. The van der Waals surface area contributed by atoms with E-state index in [0.717, 1.165) is 12.8 Å². The van der Waals surface area contributed by atoms with Gasteiger partial charge in [0.2, 0.25) is 0 Å². The van der Waals surface area contributed by atoms with Crippen molar-refractivity contribution in [3.63, 3.8) is 0 Å². The second-order valence-electron chi connectivity index (χ2n) is 5.24. The lowest BCUT2D eigenvalue weighted by molar-refractivity contribution is -0.143. The first-order chi connectivity index (χ1) is 10.6.